The van der Waals surface area contributed by atoms with Crippen molar-refractivity contribution in [3.63, 3.8) is 0 Å². The molecule has 1 amide bonds. The number of hydrogen-bond donors (Lipinski definition) is 1. The summed E-state index contributed by atoms with van der Waals surface area (Å²) in [5.74, 6) is -0.208. The van der Waals surface area contributed by atoms with Crippen LogP contribution in [0.2, 0.25) is 0 Å². The number of halogens is 1. The number of carbonyl (C=O) groups is 1. The summed E-state index contributed by atoms with van der Waals surface area (Å²) in [7, 11) is 3.49. The maximum atomic E-state index is 13.4. The van der Waals surface area contributed by atoms with Crippen LogP contribution in [0.5, 0.6) is 0 Å². The highest BCUT2D eigenvalue weighted by atomic mass is 19.1. The van der Waals surface area contributed by atoms with Crippen molar-refractivity contribution >= 4 is 16.8 Å². The first kappa shape index (κ1) is 20.7. The molecule has 31 heavy (non-hydrogen) atoms. The molecular formula is C20H23FN8O2. The lowest BCUT2D eigenvalue weighted by molar-refractivity contribution is 0.0996. The van der Waals surface area contributed by atoms with Gasteiger partial charge in [0.05, 0.1) is 23.1 Å². The second-order valence-electron chi connectivity index (χ2n) is 7.22. The molecule has 0 radical (unpaired) electrons. The summed E-state index contributed by atoms with van der Waals surface area (Å²) in [4.78, 5) is 21.0. The van der Waals surface area contributed by atoms with Crippen LogP contribution in [0.25, 0.3) is 33.8 Å². The van der Waals surface area contributed by atoms with Crippen LogP contribution < -0.4 is 5.73 Å². The zero-order valence-corrected chi connectivity index (χ0v) is 17.5. The molecule has 4 rings (SSSR count). The van der Waals surface area contributed by atoms with Crippen molar-refractivity contribution in [2.45, 2.75) is 26.7 Å². The van der Waals surface area contributed by atoms with E-state index in [1.807, 2.05) is 30.9 Å². The summed E-state index contributed by atoms with van der Waals surface area (Å²) in [5.41, 5.74) is 8.73. The Bertz CT molecular complexity index is 1260. The Balaban J connectivity index is 1.83. The van der Waals surface area contributed by atoms with E-state index in [0.29, 0.717) is 41.3 Å². The smallest absolute Gasteiger partial charge is 0.267 e. The lowest BCUT2D eigenvalue weighted by Crippen LogP contribution is -2.14. The lowest BCUT2D eigenvalue weighted by atomic mass is 10.2. The maximum absolute atomic E-state index is 13.4. The van der Waals surface area contributed by atoms with E-state index in [-0.39, 0.29) is 5.69 Å². The van der Waals surface area contributed by atoms with Crippen molar-refractivity contribution in [3.05, 3.63) is 35.9 Å². The number of aryl methyl sites for hydroxylation is 3. The number of carbonyl (C=O) groups excluding carboxylic acids is 1. The summed E-state index contributed by atoms with van der Waals surface area (Å²) in [6, 6.07) is 3.40. The van der Waals surface area contributed by atoms with Gasteiger partial charge in [-0.2, -0.15) is 10.2 Å². The molecular weight excluding hydrogens is 403 g/mol. The van der Waals surface area contributed by atoms with Gasteiger partial charge in [0.15, 0.2) is 12.6 Å². The predicted octanol–water partition coefficient (Wildman–Crippen LogP) is 2.07. The van der Waals surface area contributed by atoms with Gasteiger partial charge in [-0.25, -0.2) is 19.0 Å². The van der Waals surface area contributed by atoms with Crippen molar-refractivity contribution in [1.82, 2.24) is 34.1 Å². The number of methoxy groups -OCH3 is 1. The molecule has 0 aliphatic heterocycles. The summed E-state index contributed by atoms with van der Waals surface area (Å²) in [6.07, 6.45) is 4.19. The Morgan fingerprint density at radius 2 is 2.06 bits per heavy atom. The highest BCUT2D eigenvalue weighted by Gasteiger charge is 2.20. The van der Waals surface area contributed by atoms with Crippen LogP contribution in [0.1, 0.15) is 22.6 Å². The molecule has 4 aromatic heterocycles. The molecule has 0 aliphatic carbocycles. The minimum absolute atomic E-state index is 0.0164. The highest BCUT2D eigenvalue weighted by Crippen LogP contribution is 2.30. The van der Waals surface area contributed by atoms with E-state index < -0.39 is 12.7 Å². The third-order valence-electron chi connectivity index (χ3n) is 4.98. The first-order valence-corrected chi connectivity index (χ1v) is 9.72. The number of hydrogen-bond acceptors (Lipinski definition) is 6. The molecule has 2 N–H and O–H groups in total. The maximum Gasteiger partial charge on any atom is 0.267 e. The van der Waals surface area contributed by atoms with Crippen LogP contribution in [-0.2, 0) is 25.1 Å². The van der Waals surface area contributed by atoms with Crippen molar-refractivity contribution < 1.29 is 13.9 Å². The third kappa shape index (κ3) is 3.79. The second-order valence-corrected chi connectivity index (χ2v) is 7.22. The van der Waals surface area contributed by atoms with Crippen molar-refractivity contribution in [2.24, 2.45) is 12.8 Å². The van der Waals surface area contributed by atoms with Gasteiger partial charge in [0, 0.05) is 38.9 Å². The fourth-order valence-electron chi connectivity index (χ4n) is 3.55. The minimum Gasteiger partial charge on any atom is -0.385 e. The molecule has 10 nitrogen and oxygen atoms in total. The van der Waals surface area contributed by atoms with Crippen LogP contribution in [0.15, 0.2) is 24.5 Å². The van der Waals surface area contributed by atoms with Gasteiger partial charge in [-0.05, 0) is 25.5 Å². The number of amides is 1. The number of imidazole rings is 1. The molecule has 4 aromatic rings. The van der Waals surface area contributed by atoms with E-state index in [9.17, 15) is 9.18 Å². The largest absolute Gasteiger partial charge is 0.385 e. The normalized spacial score (nSPS) is 11.5. The molecule has 0 spiro atoms. The molecule has 0 aliphatic rings. The molecule has 4 heterocycles. The second kappa shape index (κ2) is 8.26. The molecule has 0 aromatic carbocycles. The predicted molar refractivity (Wildman–Crippen MR) is 112 cm³/mol. The van der Waals surface area contributed by atoms with Gasteiger partial charge in [0.2, 0.25) is 0 Å². The van der Waals surface area contributed by atoms with Gasteiger partial charge >= 0.3 is 0 Å². The topological polar surface area (TPSA) is 119 Å². The molecule has 0 unspecified atom stereocenters. The van der Waals surface area contributed by atoms with Crippen molar-refractivity contribution in [2.75, 3.05) is 13.7 Å². The Hall–Kier alpha value is -3.60. The highest BCUT2D eigenvalue weighted by molar-refractivity contribution is 5.99. The fraction of sp³-hybridized carbons (Fsp3) is 0.350. The molecule has 162 valence electrons. The molecule has 0 bridgehead atoms. The summed E-state index contributed by atoms with van der Waals surface area (Å²) in [6.45, 7) is 2.40. The lowest BCUT2D eigenvalue weighted by Gasteiger charge is -2.06. The van der Waals surface area contributed by atoms with Crippen molar-refractivity contribution in [3.8, 4) is 22.9 Å². The average molecular weight is 426 g/mol. The van der Waals surface area contributed by atoms with E-state index in [1.165, 1.54) is 12.3 Å². The fourth-order valence-corrected chi connectivity index (χ4v) is 3.55. The van der Waals surface area contributed by atoms with E-state index in [4.69, 9.17) is 15.5 Å². The third-order valence-corrected chi connectivity index (χ3v) is 4.98. The van der Waals surface area contributed by atoms with Gasteiger partial charge in [-0.3, -0.25) is 9.48 Å². The summed E-state index contributed by atoms with van der Waals surface area (Å²) < 4.78 is 23.3. The number of nitrogens with zero attached hydrogens (tertiary/aromatic N) is 7. The molecule has 0 atom stereocenters. The van der Waals surface area contributed by atoms with Crippen LogP contribution in [0, 0.1) is 6.92 Å². The summed E-state index contributed by atoms with van der Waals surface area (Å²) in [5, 5.41) is 9.17. The first-order valence-electron chi connectivity index (χ1n) is 9.72. The van der Waals surface area contributed by atoms with Crippen LogP contribution in [-0.4, -0.2) is 53.7 Å². The Kier molecular flexibility index (Phi) is 5.51. The number of rotatable bonds is 8. The SMILES string of the molecule is COCCCn1nc(C)cc1-c1cn(C)c(-c2nc(C(N)=O)cc3c2cnn3CF)n1. The number of alkyl halides is 1. The van der Waals surface area contributed by atoms with E-state index >= 15 is 0 Å². The quantitative estimate of drug-likeness (QED) is 0.431. The first-order chi connectivity index (χ1) is 14.9. The number of aromatic nitrogens is 7. The molecule has 0 fully saturated rings. The van der Waals surface area contributed by atoms with Crippen LogP contribution in [0.4, 0.5) is 4.39 Å². The van der Waals surface area contributed by atoms with Crippen LogP contribution >= 0.6 is 0 Å². The zero-order valence-electron chi connectivity index (χ0n) is 17.5. The van der Waals surface area contributed by atoms with Gasteiger partial charge in [-0.15, -0.1) is 0 Å². The minimum atomic E-state index is -0.836. The van der Waals surface area contributed by atoms with Gasteiger partial charge < -0.3 is 15.0 Å². The monoisotopic (exact) mass is 426 g/mol. The zero-order chi connectivity index (χ0) is 22.1. The number of pyridine rings is 1. The number of ether oxygens (including phenoxy) is 1. The standard InChI is InChI=1S/C20H23FN8O2/c1-12-7-17(28(26-12)5-4-6-31-3)15-10-27(2)20(25-15)18-13-9-23-29(11-21)16(13)8-14(24-18)19(22)30/h7-10H,4-6,11H2,1-3H3,(H2,22,30). The van der Waals surface area contributed by atoms with Gasteiger partial charge in [0.1, 0.15) is 17.1 Å². The Labute approximate surface area is 177 Å². The summed E-state index contributed by atoms with van der Waals surface area (Å²) >= 11 is 0. The average Bonchev–Trinajstić information content (AvgIpc) is 3.43. The molecule has 11 heteroatoms. The van der Waals surface area contributed by atoms with Crippen molar-refractivity contribution in [1.29, 1.82) is 0 Å². The Morgan fingerprint density at radius 1 is 1.26 bits per heavy atom. The number of fused-ring (bicyclic) bond motifs is 1. The molecule has 0 saturated heterocycles. The van der Waals surface area contributed by atoms with E-state index in [1.54, 1.807) is 11.7 Å². The van der Waals surface area contributed by atoms with Gasteiger partial charge in [0.25, 0.3) is 5.91 Å². The number of primary amides is 1. The van der Waals surface area contributed by atoms with Gasteiger partial charge in [-0.1, -0.05) is 0 Å². The van der Waals surface area contributed by atoms with E-state index in [2.05, 4.69) is 15.2 Å². The Morgan fingerprint density at radius 3 is 2.77 bits per heavy atom. The molecule has 0 saturated carbocycles. The number of nitrogens with two attached hydrogens (primary N) is 1. The van der Waals surface area contributed by atoms with E-state index in [0.717, 1.165) is 22.5 Å². The van der Waals surface area contributed by atoms with Crippen LogP contribution in [0.3, 0.4) is 0 Å².